The quantitative estimate of drug-likeness (QED) is 0.197. The van der Waals surface area contributed by atoms with Gasteiger partial charge in [-0.05, 0) is 54.2 Å². The van der Waals surface area contributed by atoms with Gasteiger partial charge in [-0.15, -0.1) is 0 Å². The van der Waals surface area contributed by atoms with Crippen LogP contribution < -0.4 is 36.9 Å². The Bertz CT molecular complexity index is 2020. The van der Waals surface area contributed by atoms with E-state index in [0.717, 1.165) is 29.5 Å². The van der Waals surface area contributed by atoms with Gasteiger partial charge in [-0.25, -0.2) is 15.0 Å². The van der Waals surface area contributed by atoms with Crippen LogP contribution in [0.3, 0.4) is 0 Å². The highest BCUT2D eigenvalue weighted by molar-refractivity contribution is 5.97. The average molecular weight is 606 g/mol. The van der Waals surface area contributed by atoms with Crippen molar-refractivity contribution in [2.75, 3.05) is 23.8 Å². The molecule has 14 nitrogen and oxygen atoms in total. The summed E-state index contributed by atoms with van der Waals surface area (Å²) in [6.45, 7) is 1.01. The van der Waals surface area contributed by atoms with Crippen LogP contribution >= 0.6 is 0 Å². The number of nitrogens with one attached hydrogen (secondary N) is 3. The Kier molecular flexibility index (Phi) is 7.00. The van der Waals surface area contributed by atoms with Crippen LogP contribution in [0.2, 0.25) is 0 Å². The van der Waals surface area contributed by atoms with Crippen molar-refractivity contribution in [1.29, 1.82) is 0 Å². The van der Waals surface area contributed by atoms with Crippen molar-refractivity contribution >= 4 is 28.9 Å². The molecule has 14 heteroatoms. The number of rotatable bonds is 7. The van der Waals surface area contributed by atoms with E-state index in [9.17, 15) is 19.2 Å². The van der Waals surface area contributed by atoms with E-state index in [4.69, 9.17) is 10.5 Å². The molecular formula is C31H27N9O5. The minimum Gasteiger partial charge on any atom is -0.491 e. The SMILES string of the molecule is Nc1c(N2CCCOc3ccc(CNC(=O)c4cc(C(=O)N[C@H]5CCc6cc(-c7ncn[nH]7)ccc65)ncn4)cc32)c(=O)c1=O. The topological polar surface area (TPSA) is 198 Å². The van der Waals surface area contributed by atoms with E-state index >= 15 is 0 Å². The maximum absolute atomic E-state index is 13.1. The number of aromatic amines is 1. The number of ether oxygens (including phenoxy) is 1. The summed E-state index contributed by atoms with van der Waals surface area (Å²) in [4.78, 5) is 64.2. The second kappa shape index (κ2) is 11.3. The fourth-order valence-corrected chi connectivity index (χ4v) is 5.80. The molecule has 1 aliphatic carbocycles. The summed E-state index contributed by atoms with van der Waals surface area (Å²) in [5.41, 5.74) is 9.10. The normalized spacial score (nSPS) is 15.6. The van der Waals surface area contributed by atoms with Gasteiger partial charge in [-0.1, -0.05) is 18.2 Å². The molecule has 226 valence electrons. The highest BCUT2D eigenvalue weighted by Crippen LogP contribution is 2.38. The molecule has 7 rings (SSSR count). The third-order valence-electron chi connectivity index (χ3n) is 8.09. The Hall–Kier alpha value is -5.92. The summed E-state index contributed by atoms with van der Waals surface area (Å²) in [5, 5.41) is 12.6. The van der Waals surface area contributed by atoms with Gasteiger partial charge in [0.1, 0.15) is 41.2 Å². The number of nitrogens with two attached hydrogens (primary N) is 1. The van der Waals surface area contributed by atoms with Crippen molar-refractivity contribution in [3.8, 4) is 17.1 Å². The molecule has 0 fully saturated rings. The van der Waals surface area contributed by atoms with Crippen LogP contribution in [-0.4, -0.2) is 50.1 Å². The number of nitrogen functional groups attached to an aromatic ring is 1. The molecule has 5 aromatic rings. The summed E-state index contributed by atoms with van der Waals surface area (Å²) >= 11 is 0. The summed E-state index contributed by atoms with van der Waals surface area (Å²) in [5.74, 6) is 0.321. The van der Waals surface area contributed by atoms with Crippen molar-refractivity contribution in [2.45, 2.75) is 31.8 Å². The van der Waals surface area contributed by atoms with Gasteiger partial charge in [0.2, 0.25) is 0 Å². The van der Waals surface area contributed by atoms with Gasteiger partial charge in [0.15, 0.2) is 5.82 Å². The molecule has 2 amide bonds. The third-order valence-corrected chi connectivity index (χ3v) is 8.09. The number of hydrogen-bond acceptors (Lipinski definition) is 11. The van der Waals surface area contributed by atoms with Crippen molar-refractivity contribution < 1.29 is 14.3 Å². The zero-order chi connectivity index (χ0) is 31.1. The number of fused-ring (bicyclic) bond motifs is 2. The smallest absolute Gasteiger partial charge is 0.270 e. The molecule has 0 saturated heterocycles. The Morgan fingerprint density at radius 3 is 2.64 bits per heavy atom. The molecule has 0 bridgehead atoms. The zero-order valence-corrected chi connectivity index (χ0v) is 23.9. The molecule has 1 atom stereocenters. The Labute approximate surface area is 255 Å². The maximum Gasteiger partial charge on any atom is 0.270 e. The monoisotopic (exact) mass is 605 g/mol. The van der Waals surface area contributed by atoms with Crippen LogP contribution in [0.25, 0.3) is 11.4 Å². The lowest BCUT2D eigenvalue weighted by Crippen LogP contribution is -2.41. The summed E-state index contributed by atoms with van der Waals surface area (Å²) in [6, 6.07) is 12.4. The molecule has 5 N–H and O–H groups in total. The summed E-state index contributed by atoms with van der Waals surface area (Å²) < 4.78 is 5.82. The van der Waals surface area contributed by atoms with Crippen LogP contribution in [0.4, 0.5) is 17.1 Å². The van der Waals surface area contributed by atoms with Crippen molar-refractivity contribution in [3.05, 3.63) is 104 Å². The summed E-state index contributed by atoms with van der Waals surface area (Å²) in [7, 11) is 0. The lowest BCUT2D eigenvalue weighted by atomic mass is 10.0. The predicted molar refractivity (Wildman–Crippen MR) is 163 cm³/mol. The van der Waals surface area contributed by atoms with Gasteiger partial charge in [0, 0.05) is 24.7 Å². The lowest BCUT2D eigenvalue weighted by molar-refractivity contribution is 0.0931. The Morgan fingerprint density at radius 2 is 1.84 bits per heavy atom. The van der Waals surface area contributed by atoms with Crippen LogP contribution in [0, 0.1) is 0 Å². The Balaban J connectivity index is 1.02. The van der Waals surface area contributed by atoms with E-state index < -0.39 is 22.7 Å². The van der Waals surface area contributed by atoms with Crippen molar-refractivity contribution in [3.63, 3.8) is 0 Å². The van der Waals surface area contributed by atoms with E-state index in [1.807, 2.05) is 18.2 Å². The number of nitrogens with zero attached hydrogens (tertiary/aromatic N) is 5. The first kappa shape index (κ1) is 27.9. The standard InChI is InChI=1S/C31H27N9O5/c32-25-26(28(42)27(25)41)40-8-1-9-45-24-7-2-16(10-23(24)40)13-33-30(43)21-12-22(35-14-34-21)31(44)38-20-6-4-17-11-18(3-5-19(17)20)29-36-15-37-39-29/h2-3,5,7,10-12,14-15,20H,1,4,6,8-9,13,32H2,(H,33,43)(H,38,44)(H,36,37,39)/t20-/m0/s1. The van der Waals surface area contributed by atoms with Crippen molar-refractivity contribution in [1.82, 2.24) is 35.8 Å². The summed E-state index contributed by atoms with van der Waals surface area (Å²) in [6.07, 6.45) is 4.80. The zero-order valence-electron chi connectivity index (χ0n) is 23.9. The van der Waals surface area contributed by atoms with Gasteiger partial charge in [0.25, 0.3) is 22.7 Å². The molecule has 3 aromatic carbocycles. The van der Waals surface area contributed by atoms with E-state index in [1.165, 1.54) is 18.7 Å². The molecule has 3 heterocycles. The van der Waals surface area contributed by atoms with Gasteiger partial charge in [0.05, 0.1) is 18.3 Å². The van der Waals surface area contributed by atoms with E-state index in [2.05, 4.69) is 35.8 Å². The predicted octanol–water partition coefficient (Wildman–Crippen LogP) is 1.71. The van der Waals surface area contributed by atoms with Crippen LogP contribution in [0.5, 0.6) is 5.75 Å². The number of hydrogen-bond donors (Lipinski definition) is 4. The Morgan fingerprint density at radius 1 is 1.00 bits per heavy atom. The fraction of sp³-hybridized carbons (Fsp3) is 0.226. The van der Waals surface area contributed by atoms with Crippen LogP contribution in [0.1, 0.15) is 56.6 Å². The molecular weight excluding hydrogens is 578 g/mol. The van der Waals surface area contributed by atoms with E-state index in [-0.39, 0.29) is 35.3 Å². The molecule has 0 unspecified atom stereocenters. The van der Waals surface area contributed by atoms with Crippen LogP contribution in [0.15, 0.2) is 64.7 Å². The van der Waals surface area contributed by atoms with E-state index in [1.54, 1.807) is 23.1 Å². The second-order valence-corrected chi connectivity index (χ2v) is 10.9. The minimum atomic E-state index is -0.691. The van der Waals surface area contributed by atoms with Gasteiger partial charge < -0.3 is 26.0 Å². The number of amides is 2. The molecule has 0 saturated carbocycles. The lowest BCUT2D eigenvalue weighted by Gasteiger charge is -2.26. The third kappa shape index (κ3) is 5.15. The molecule has 2 aliphatic rings. The van der Waals surface area contributed by atoms with Crippen LogP contribution in [-0.2, 0) is 13.0 Å². The molecule has 0 spiro atoms. The second-order valence-electron chi connectivity index (χ2n) is 10.9. The molecule has 1 aliphatic heterocycles. The van der Waals surface area contributed by atoms with Gasteiger partial charge in [-0.2, -0.15) is 5.10 Å². The van der Waals surface area contributed by atoms with Gasteiger partial charge >= 0.3 is 0 Å². The number of aromatic nitrogens is 5. The number of anilines is 3. The first-order chi connectivity index (χ1) is 21.9. The molecule has 2 aromatic heterocycles. The molecule has 45 heavy (non-hydrogen) atoms. The first-order valence-electron chi connectivity index (χ1n) is 14.4. The molecule has 0 radical (unpaired) electrons. The average Bonchev–Trinajstić information content (AvgIpc) is 3.71. The first-order valence-corrected chi connectivity index (χ1v) is 14.4. The largest absolute Gasteiger partial charge is 0.491 e. The maximum atomic E-state index is 13.1. The highest BCUT2D eigenvalue weighted by Gasteiger charge is 2.29. The minimum absolute atomic E-state index is 0.0369. The van der Waals surface area contributed by atoms with Gasteiger partial charge in [-0.3, -0.25) is 24.3 Å². The fourth-order valence-electron chi connectivity index (χ4n) is 5.80. The highest BCUT2D eigenvalue weighted by atomic mass is 16.5. The number of carbonyl (C=O) groups is 2. The van der Waals surface area contributed by atoms with Crippen molar-refractivity contribution in [2.24, 2.45) is 0 Å². The number of carbonyl (C=O) groups excluding carboxylic acids is 2. The number of H-pyrrole nitrogens is 1. The van der Waals surface area contributed by atoms with E-state index in [0.29, 0.717) is 42.4 Å². The number of benzene rings is 2. The number of aryl methyl sites for hydroxylation is 1.